The molecule has 1 aromatic carbocycles. The number of fused-ring (bicyclic) bond motifs is 1. The van der Waals surface area contributed by atoms with E-state index in [4.69, 9.17) is 9.73 Å². The summed E-state index contributed by atoms with van der Waals surface area (Å²) in [6.45, 7) is 1.22. The molecule has 0 radical (unpaired) electrons. The molecule has 4 heteroatoms. The van der Waals surface area contributed by atoms with Crippen LogP contribution >= 0.6 is 15.9 Å². The third-order valence-electron chi connectivity index (χ3n) is 4.43. The van der Waals surface area contributed by atoms with E-state index in [-0.39, 0.29) is 11.7 Å². The van der Waals surface area contributed by atoms with E-state index in [0.717, 1.165) is 30.5 Å². The van der Waals surface area contributed by atoms with Gasteiger partial charge in [-0.3, -0.25) is 4.99 Å². The average Bonchev–Trinajstić information content (AvgIpc) is 2.95. The maximum absolute atomic E-state index is 13.5. The molecule has 0 N–H and O–H groups in total. The Morgan fingerprint density at radius 1 is 1.29 bits per heavy atom. The van der Waals surface area contributed by atoms with Gasteiger partial charge < -0.3 is 4.74 Å². The van der Waals surface area contributed by atoms with Crippen LogP contribution in [0.4, 0.5) is 4.39 Å². The van der Waals surface area contributed by atoms with Gasteiger partial charge >= 0.3 is 0 Å². The van der Waals surface area contributed by atoms with Crippen LogP contribution in [0.3, 0.4) is 0 Å². The highest BCUT2D eigenvalue weighted by Gasteiger charge is 2.34. The van der Waals surface area contributed by atoms with Crippen LogP contribution in [0.5, 0.6) is 0 Å². The number of benzene rings is 1. The molecule has 2 nitrogen and oxygen atoms in total. The van der Waals surface area contributed by atoms with Gasteiger partial charge in [0.05, 0.1) is 23.4 Å². The summed E-state index contributed by atoms with van der Waals surface area (Å²) in [6.07, 6.45) is 5.43. The first-order valence-corrected chi connectivity index (χ1v) is 8.06. The summed E-state index contributed by atoms with van der Waals surface area (Å²) >= 11 is 3.31. The van der Waals surface area contributed by atoms with Crippen LogP contribution < -0.4 is 0 Å². The van der Waals surface area contributed by atoms with E-state index in [1.807, 2.05) is 12.1 Å². The van der Waals surface area contributed by atoms with Crippen molar-refractivity contribution in [2.75, 3.05) is 13.2 Å². The maximum Gasteiger partial charge on any atom is 0.137 e. The van der Waals surface area contributed by atoms with Crippen LogP contribution in [0.15, 0.2) is 50.6 Å². The topological polar surface area (TPSA) is 21.6 Å². The zero-order valence-corrected chi connectivity index (χ0v) is 13.1. The Hall–Kier alpha value is -1.26. The van der Waals surface area contributed by atoms with Crippen LogP contribution in [0.2, 0.25) is 0 Å². The quantitative estimate of drug-likeness (QED) is 0.731. The second-order valence-electron chi connectivity index (χ2n) is 5.67. The first-order valence-electron chi connectivity index (χ1n) is 7.26. The fourth-order valence-corrected chi connectivity index (χ4v) is 3.90. The third kappa shape index (κ3) is 2.21. The van der Waals surface area contributed by atoms with Crippen molar-refractivity contribution >= 4 is 21.6 Å². The summed E-state index contributed by atoms with van der Waals surface area (Å²) in [5.41, 5.74) is 6.06. The Morgan fingerprint density at radius 2 is 2.19 bits per heavy atom. The highest BCUT2D eigenvalue weighted by Crippen LogP contribution is 2.46. The minimum Gasteiger partial charge on any atom is -0.371 e. The lowest BCUT2D eigenvalue weighted by atomic mass is 9.79. The molecule has 0 saturated heterocycles. The van der Waals surface area contributed by atoms with Crippen LogP contribution in [0, 0.1) is 5.82 Å². The monoisotopic (exact) mass is 347 g/mol. The van der Waals surface area contributed by atoms with E-state index in [9.17, 15) is 4.39 Å². The van der Waals surface area contributed by atoms with Gasteiger partial charge in [-0.25, -0.2) is 4.39 Å². The van der Waals surface area contributed by atoms with E-state index < -0.39 is 0 Å². The number of allylic oxidation sites excluding steroid dienone is 2. The van der Waals surface area contributed by atoms with Crippen molar-refractivity contribution in [3.05, 3.63) is 57.0 Å². The number of halogens is 2. The Balaban J connectivity index is 1.86. The van der Waals surface area contributed by atoms with Gasteiger partial charge in [0, 0.05) is 11.6 Å². The van der Waals surface area contributed by atoms with E-state index >= 15 is 0 Å². The Labute approximate surface area is 131 Å². The van der Waals surface area contributed by atoms with Crippen molar-refractivity contribution in [2.45, 2.75) is 25.2 Å². The second kappa shape index (κ2) is 5.18. The lowest BCUT2D eigenvalue weighted by Gasteiger charge is -2.30. The number of aliphatic imine (C=N–C) groups is 1. The first kappa shape index (κ1) is 13.4. The lowest BCUT2D eigenvalue weighted by molar-refractivity contribution is 0.198. The van der Waals surface area contributed by atoms with Crippen molar-refractivity contribution in [3.63, 3.8) is 0 Å². The molecule has 0 amide bonds. The van der Waals surface area contributed by atoms with Gasteiger partial charge in [0.15, 0.2) is 0 Å². The second-order valence-corrected chi connectivity index (χ2v) is 6.52. The van der Waals surface area contributed by atoms with Crippen LogP contribution in [-0.4, -0.2) is 18.9 Å². The van der Waals surface area contributed by atoms with E-state index in [2.05, 4.69) is 22.0 Å². The summed E-state index contributed by atoms with van der Waals surface area (Å²) < 4.78 is 19.6. The van der Waals surface area contributed by atoms with E-state index in [1.165, 1.54) is 16.8 Å². The van der Waals surface area contributed by atoms with Crippen molar-refractivity contribution < 1.29 is 9.13 Å². The van der Waals surface area contributed by atoms with Gasteiger partial charge in [0.2, 0.25) is 0 Å². The Bertz CT molecular complexity index is 705. The van der Waals surface area contributed by atoms with Crippen LogP contribution in [0.1, 0.15) is 30.7 Å². The highest BCUT2D eigenvalue weighted by molar-refractivity contribution is 9.10. The predicted octanol–water partition coefficient (Wildman–Crippen LogP) is 4.52. The van der Waals surface area contributed by atoms with Crippen molar-refractivity contribution in [2.24, 2.45) is 4.99 Å². The molecule has 0 bridgehead atoms. The Morgan fingerprint density at radius 3 is 3.05 bits per heavy atom. The van der Waals surface area contributed by atoms with Crippen molar-refractivity contribution in [3.8, 4) is 0 Å². The Kier molecular flexibility index (Phi) is 3.31. The molecule has 3 aliphatic rings. The number of ether oxygens (including phenoxy) is 1. The van der Waals surface area contributed by atoms with Gasteiger partial charge in [0.25, 0.3) is 0 Å². The van der Waals surface area contributed by atoms with Gasteiger partial charge in [-0.1, -0.05) is 12.1 Å². The minimum absolute atomic E-state index is 0.218. The first-order chi connectivity index (χ1) is 10.2. The SMILES string of the molecule is Fc1ccc(C2C3=CCOCC3=NC3=C2CCC3)cc1Br. The van der Waals surface area contributed by atoms with Gasteiger partial charge in [-0.2, -0.15) is 0 Å². The normalized spacial score (nSPS) is 24.4. The summed E-state index contributed by atoms with van der Waals surface area (Å²) in [5.74, 6) is 0.000770. The minimum atomic E-state index is -0.218. The standard InChI is InChI=1S/C17H15BrFNO/c18-13-8-10(4-5-14(13)19)17-11-2-1-3-15(11)20-16-9-21-7-6-12(16)17/h4-6,8,17H,1-3,7,9H2. The molecule has 1 aliphatic carbocycles. The molecule has 1 aromatic rings. The summed E-state index contributed by atoms with van der Waals surface area (Å²) in [7, 11) is 0. The molecule has 1 atom stereocenters. The molecule has 21 heavy (non-hydrogen) atoms. The zero-order valence-electron chi connectivity index (χ0n) is 11.5. The predicted molar refractivity (Wildman–Crippen MR) is 84.1 cm³/mol. The molecular formula is C17H15BrFNO. The molecule has 0 aromatic heterocycles. The van der Waals surface area contributed by atoms with Crippen LogP contribution in [-0.2, 0) is 4.74 Å². The number of hydrogen-bond donors (Lipinski definition) is 0. The van der Waals surface area contributed by atoms with Crippen molar-refractivity contribution in [1.29, 1.82) is 0 Å². The number of hydrogen-bond acceptors (Lipinski definition) is 2. The molecular weight excluding hydrogens is 333 g/mol. The van der Waals surface area contributed by atoms with Crippen LogP contribution in [0.25, 0.3) is 0 Å². The van der Waals surface area contributed by atoms with Gasteiger partial charge in [-0.05, 0) is 64.0 Å². The molecule has 0 spiro atoms. The van der Waals surface area contributed by atoms with Gasteiger partial charge in [-0.15, -0.1) is 0 Å². The maximum atomic E-state index is 13.5. The molecule has 108 valence electrons. The zero-order chi connectivity index (χ0) is 14.4. The third-order valence-corrected chi connectivity index (χ3v) is 5.04. The van der Waals surface area contributed by atoms with Crippen molar-refractivity contribution in [1.82, 2.24) is 0 Å². The molecule has 4 rings (SSSR count). The fraction of sp³-hybridized carbons (Fsp3) is 0.353. The average molecular weight is 348 g/mol. The fourth-order valence-electron chi connectivity index (χ4n) is 3.50. The molecule has 0 saturated carbocycles. The molecule has 0 fully saturated rings. The summed E-state index contributed by atoms with van der Waals surface area (Å²) in [5, 5.41) is 0. The lowest BCUT2D eigenvalue weighted by Crippen LogP contribution is -2.26. The summed E-state index contributed by atoms with van der Waals surface area (Å²) in [4.78, 5) is 4.80. The highest BCUT2D eigenvalue weighted by atomic mass is 79.9. The molecule has 2 aliphatic heterocycles. The largest absolute Gasteiger partial charge is 0.371 e. The van der Waals surface area contributed by atoms with E-state index in [0.29, 0.717) is 17.7 Å². The number of rotatable bonds is 1. The van der Waals surface area contributed by atoms with E-state index in [1.54, 1.807) is 6.07 Å². The molecule has 1 unspecified atom stereocenters. The van der Waals surface area contributed by atoms with Gasteiger partial charge in [0.1, 0.15) is 5.82 Å². The summed E-state index contributed by atoms with van der Waals surface area (Å²) in [6, 6.07) is 5.34. The smallest absolute Gasteiger partial charge is 0.137 e. The number of nitrogens with zero attached hydrogens (tertiary/aromatic N) is 1. The molecule has 2 heterocycles.